The molecule has 0 aliphatic carbocycles. The summed E-state index contributed by atoms with van der Waals surface area (Å²) in [5.41, 5.74) is 6.59. The number of nitrogens with zero attached hydrogens (tertiary/aromatic N) is 3. The van der Waals surface area contributed by atoms with E-state index in [0.29, 0.717) is 64.0 Å². The number of carbonyl (C=O) groups is 5. The molecule has 0 saturated carbocycles. The molecular formula is C44H48N8O7S. The third-order valence-electron chi connectivity index (χ3n) is 9.93. The Hall–Kier alpha value is -6.65. The van der Waals surface area contributed by atoms with Gasteiger partial charge in [-0.25, -0.2) is 9.78 Å². The molecule has 0 atom stereocenters. The largest absolute Gasteiger partial charge is 0.427 e. The van der Waals surface area contributed by atoms with E-state index in [9.17, 15) is 24.0 Å². The third-order valence-corrected chi connectivity index (χ3v) is 10.7. The summed E-state index contributed by atoms with van der Waals surface area (Å²) in [5, 5.41) is 13.7. The van der Waals surface area contributed by atoms with Crippen LogP contribution in [0.4, 0.5) is 15.6 Å². The van der Waals surface area contributed by atoms with Crippen molar-refractivity contribution in [1.29, 1.82) is 0 Å². The summed E-state index contributed by atoms with van der Waals surface area (Å²) in [6.07, 6.45) is 6.07. The number of amides is 4. The maximum Gasteiger partial charge on any atom is 0.321 e. The second-order valence-corrected chi connectivity index (χ2v) is 14.9. The van der Waals surface area contributed by atoms with Crippen LogP contribution in [0.2, 0.25) is 0 Å². The number of nitrogens with one attached hydrogen (secondary N) is 5. The highest BCUT2D eigenvalue weighted by Gasteiger charge is 2.27. The number of aromatic nitrogens is 3. The average molecular weight is 833 g/mol. The molecule has 4 amide bonds. The predicted octanol–water partition coefficient (Wildman–Crippen LogP) is 7.11. The van der Waals surface area contributed by atoms with Gasteiger partial charge in [0, 0.05) is 78.5 Å². The SMILES string of the molecule is CCN(CC)CCNC(=O)c1c(C)[nH]c(/C=C2\C(=O)Nc3ccc(OC(=O)CCCCC(=O)Oc4ccc(CNC(=O)Nc5nc(-c6ccncc6)cs5)cc4)cc32)c1C. The van der Waals surface area contributed by atoms with Crippen LogP contribution in [0.3, 0.4) is 0 Å². The molecule has 312 valence electrons. The Balaban J connectivity index is 0.921. The highest BCUT2D eigenvalue weighted by Crippen LogP contribution is 2.36. The first-order chi connectivity index (χ1) is 29.0. The lowest BCUT2D eigenvalue weighted by Gasteiger charge is -2.18. The monoisotopic (exact) mass is 832 g/mol. The zero-order valence-electron chi connectivity index (χ0n) is 34.0. The van der Waals surface area contributed by atoms with Gasteiger partial charge in [-0.3, -0.25) is 29.5 Å². The molecule has 0 fully saturated rings. The zero-order chi connectivity index (χ0) is 42.6. The van der Waals surface area contributed by atoms with Gasteiger partial charge in [-0.1, -0.05) is 26.0 Å². The van der Waals surface area contributed by atoms with Crippen molar-refractivity contribution in [2.24, 2.45) is 0 Å². The lowest BCUT2D eigenvalue weighted by Crippen LogP contribution is -2.35. The van der Waals surface area contributed by atoms with Gasteiger partial charge in [0.1, 0.15) is 11.5 Å². The number of hydrogen-bond acceptors (Lipinski definition) is 11. The van der Waals surface area contributed by atoms with Crippen molar-refractivity contribution >= 4 is 63.6 Å². The van der Waals surface area contributed by atoms with E-state index in [1.54, 1.807) is 60.9 Å². The van der Waals surface area contributed by atoms with Gasteiger partial charge in [0.15, 0.2) is 5.13 Å². The molecule has 0 radical (unpaired) electrons. The Morgan fingerprint density at radius 1 is 0.883 bits per heavy atom. The van der Waals surface area contributed by atoms with Crippen LogP contribution in [0, 0.1) is 13.8 Å². The van der Waals surface area contributed by atoms with Gasteiger partial charge in [-0.15, -0.1) is 11.3 Å². The zero-order valence-corrected chi connectivity index (χ0v) is 34.8. The van der Waals surface area contributed by atoms with Crippen LogP contribution in [0.15, 0.2) is 72.4 Å². The lowest BCUT2D eigenvalue weighted by atomic mass is 10.0. The summed E-state index contributed by atoms with van der Waals surface area (Å²) < 4.78 is 11.0. The number of thiazole rings is 1. The topological polar surface area (TPSA) is 197 Å². The van der Waals surface area contributed by atoms with Gasteiger partial charge in [-0.05, 0) is 99.4 Å². The van der Waals surface area contributed by atoms with Crippen molar-refractivity contribution in [2.45, 2.75) is 59.9 Å². The number of likely N-dealkylation sites (N-methyl/N-ethyl adjacent to an activating group) is 1. The Kier molecular flexibility index (Phi) is 14.6. The fourth-order valence-corrected chi connectivity index (χ4v) is 7.34. The Bertz CT molecular complexity index is 2370. The molecule has 0 saturated heterocycles. The molecule has 60 heavy (non-hydrogen) atoms. The number of rotatable bonds is 18. The molecule has 0 bridgehead atoms. The molecule has 1 aliphatic rings. The van der Waals surface area contributed by atoms with Crippen molar-refractivity contribution in [3.05, 3.63) is 106 Å². The van der Waals surface area contributed by atoms with Gasteiger partial charge in [0.25, 0.3) is 11.8 Å². The third kappa shape index (κ3) is 11.3. The van der Waals surface area contributed by atoms with Crippen LogP contribution < -0.4 is 30.7 Å². The normalized spacial score (nSPS) is 12.6. The van der Waals surface area contributed by atoms with Crippen LogP contribution in [0.1, 0.15) is 78.0 Å². The van der Waals surface area contributed by atoms with Crippen LogP contribution in [-0.4, -0.2) is 75.8 Å². The number of esters is 2. The Morgan fingerprint density at radius 3 is 2.27 bits per heavy atom. The number of benzene rings is 2. The van der Waals surface area contributed by atoms with Gasteiger partial charge in [-0.2, -0.15) is 0 Å². The van der Waals surface area contributed by atoms with E-state index in [1.807, 2.05) is 31.4 Å². The lowest BCUT2D eigenvalue weighted by molar-refractivity contribution is -0.136. The van der Waals surface area contributed by atoms with Crippen molar-refractivity contribution < 1.29 is 33.4 Å². The molecule has 2 aromatic carbocycles. The highest BCUT2D eigenvalue weighted by molar-refractivity contribution is 7.14. The number of hydrogen-bond donors (Lipinski definition) is 5. The van der Waals surface area contributed by atoms with E-state index in [0.717, 1.165) is 42.0 Å². The molecule has 0 spiro atoms. The van der Waals surface area contributed by atoms with E-state index >= 15 is 0 Å². The average Bonchev–Trinajstić information content (AvgIpc) is 3.92. The van der Waals surface area contributed by atoms with Crippen molar-refractivity contribution in [3.8, 4) is 22.8 Å². The number of urea groups is 1. The first-order valence-electron chi connectivity index (χ1n) is 19.8. The van der Waals surface area contributed by atoms with E-state index in [4.69, 9.17) is 9.47 Å². The number of anilines is 2. The number of pyridine rings is 1. The molecule has 5 N–H and O–H groups in total. The summed E-state index contributed by atoms with van der Waals surface area (Å²) in [5.74, 6) is -0.751. The highest BCUT2D eigenvalue weighted by atomic mass is 32.1. The maximum atomic E-state index is 13.1. The molecule has 4 heterocycles. The molecule has 15 nitrogen and oxygen atoms in total. The number of ether oxygens (including phenoxy) is 2. The molecule has 16 heteroatoms. The van der Waals surface area contributed by atoms with Gasteiger partial charge in [0.2, 0.25) is 0 Å². The second kappa shape index (κ2) is 20.4. The first kappa shape index (κ1) is 42.9. The fraction of sp³-hybridized carbons (Fsp3) is 0.295. The van der Waals surface area contributed by atoms with Crippen LogP contribution in [0.25, 0.3) is 22.9 Å². The first-order valence-corrected chi connectivity index (χ1v) is 20.7. The Morgan fingerprint density at radius 2 is 1.57 bits per heavy atom. The van der Waals surface area contributed by atoms with Crippen LogP contribution in [-0.2, 0) is 20.9 Å². The van der Waals surface area contributed by atoms with Crippen LogP contribution >= 0.6 is 11.3 Å². The summed E-state index contributed by atoms with van der Waals surface area (Å²) >= 11 is 1.32. The quantitative estimate of drug-likeness (QED) is 0.0263. The Labute approximate surface area is 352 Å². The van der Waals surface area contributed by atoms with E-state index < -0.39 is 18.0 Å². The number of aromatic amines is 1. The van der Waals surface area contributed by atoms with Crippen molar-refractivity contribution in [3.63, 3.8) is 0 Å². The van der Waals surface area contributed by atoms with Crippen LogP contribution in [0.5, 0.6) is 11.5 Å². The minimum Gasteiger partial charge on any atom is -0.427 e. The number of aryl methyl sites for hydroxylation is 1. The molecule has 3 aromatic heterocycles. The number of fused-ring (bicyclic) bond motifs is 1. The molecule has 0 unspecified atom stereocenters. The molecule has 1 aliphatic heterocycles. The smallest absolute Gasteiger partial charge is 0.321 e. The summed E-state index contributed by atoms with van der Waals surface area (Å²) in [6.45, 7) is 11.2. The van der Waals surface area contributed by atoms with Crippen molar-refractivity contribution in [1.82, 2.24) is 30.5 Å². The number of carbonyl (C=O) groups excluding carboxylic acids is 5. The summed E-state index contributed by atoms with van der Waals surface area (Å²) in [4.78, 5) is 77.7. The summed E-state index contributed by atoms with van der Waals surface area (Å²) in [6, 6.07) is 15.0. The van der Waals surface area contributed by atoms with E-state index in [2.05, 4.69) is 55.0 Å². The minimum absolute atomic E-state index is 0.0780. The van der Waals surface area contributed by atoms with E-state index in [1.165, 1.54) is 11.3 Å². The second-order valence-electron chi connectivity index (χ2n) is 14.0. The standard InChI is InChI=1S/C44H48N8O7S/c1-5-52(6-2)22-21-46-42(56)40-27(3)36(48-28(40)4)24-34-33-23-32(15-16-35(33)49-41(34)55)59-39(54)10-8-7-9-38(53)58-31-13-11-29(12-14-31)25-47-43(57)51-44-50-37(26-60-44)30-17-19-45-20-18-30/h11-20,23-24,26,48H,5-10,21-22,25H2,1-4H3,(H,46,56)(H,49,55)(H2,47,50,51,57)/b34-24-. The van der Waals surface area contributed by atoms with Gasteiger partial charge in [0.05, 0.1) is 16.8 Å². The minimum atomic E-state index is -0.474. The van der Waals surface area contributed by atoms with E-state index in [-0.39, 0.29) is 37.0 Å². The predicted molar refractivity (Wildman–Crippen MR) is 231 cm³/mol. The summed E-state index contributed by atoms with van der Waals surface area (Å²) in [7, 11) is 0. The fourth-order valence-electron chi connectivity index (χ4n) is 6.62. The number of unbranched alkanes of at least 4 members (excludes halogenated alkanes) is 1. The van der Waals surface area contributed by atoms with Gasteiger partial charge >= 0.3 is 18.0 Å². The number of H-pyrrole nitrogens is 1. The van der Waals surface area contributed by atoms with Crippen molar-refractivity contribution in [2.75, 3.05) is 36.8 Å². The molecule has 5 aromatic rings. The molecule has 6 rings (SSSR count). The maximum absolute atomic E-state index is 13.1. The molecular weight excluding hydrogens is 785 g/mol. The van der Waals surface area contributed by atoms with Gasteiger partial charge < -0.3 is 35.3 Å².